The van der Waals surface area contributed by atoms with Crippen LogP contribution in [-0.4, -0.2) is 19.6 Å². The molecule has 0 saturated heterocycles. The molecule has 82 valence electrons. The number of benzene rings is 1. The first-order chi connectivity index (χ1) is 7.26. The van der Waals surface area contributed by atoms with Crippen LogP contribution in [-0.2, 0) is 0 Å². The first-order valence-corrected chi connectivity index (χ1v) is 4.99. The Morgan fingerprint density at radius 2 is 2.00 bits per heavy atom. The monoisotopic (exact) mass is 207 g/mol. The maximum absolute atomic E-state index is 7.57. The van der Waals surface area contributed by atoms with Crippen LogP contribution >= 0.6 is 0 Å². The van der Waals surface area contributed by atoms with Gasteiger partial charge in [0, 0.05) is 12.2 Å². The zero-order valence-corrected chi connectivity index (χ0v) is 9.13. The second-order valence-electron chi connectivity index (χ2n) is 3.16. The van der Waals surface area contributed by atoms with Crippen LogP contribution in [0.25, 0.3) is 0 Å². The molecule has 0 aliphatic heterocycles. The fourth-order valence-electron chi connectivity index (χ4n) is 1.11. The van der Waals surface area contributed by atoms with E-state index in [9.17, 15) is 0 Å². The lowest BCUT2D eigenvalue weighted by atomic mass is 10.3. The predicted octanol–water partition coefficient (Wildman–Crippen LogP) is 2.04. The van der Waals surface area contributed by atoms with E-state index in [2.05, 4.69) is 17.6 Å². The lowest BCUT2D eigenvalue weighted by Crippen LogP contribution is -2.29. The van der Waals surface area contributed by atoms with Crippen molar-refractivity contribution in [1.82, 2.24) is 5.32 Å². The lowest BCUT2D eigenvalue weighted by Gasteiger charge is -2.09. The fraction of sp³-hybridized carbons (Fsp3) is 0.364. The number of rotatable bonds is 4. The molecule has 0 amide bonds. The van der Waals surface area contributed by atoms with Crippen LogP contribution in [0.3, 0.4) is 0 Å². The van der Waals surface area contributed by atoms with Gasteiger partial charge in [0.1, 0.15) is 5.75 Å². The summed E-state index contributed by atoms with van der Waals surface area (Å²) in [5.74, 6) is 1.13. The zero-order chi connectivity index (χ0) is 11.1. The molecule has 0 spiro atoms. The molecule has 0 heterocycles. The van der Waals surface area contributed by atoms with Crippen molar-refractivity contribution in [3.8, 4) is 5.75 Å². The maximum atomic E-state index is 7.57. The Balaban J connectivity index is 2.46. The van der Waals surface area contributed by atoms with Gasteiger partial charge in [0.2, 0.25) is 0 Å². The summed E-state index contributed by atoms with van der Waals surface area (Å²) in [6.07, 6.45) is 1.01. The molecule has 1 aromatic carbocycles. The Morgan fingerprint density at radius 3 is 2.53 bits per heavy atom. The first kappa shape index (κ1) is 11.4. The molecule has 0 atom stereocenters. The van der Waals surface area contributed by atoms with Gasteiger partial charge in [-0.2, -0.15) is 0 Å². The van der Waals surface area contributed by atoms with Gasteiger partial charge < -0.3 is 15.4 Å². The van der Waals surface area contributed by atoms with Crippen molar-refractivity contribution < 1.29 is 4.74 Å². The fourth-order valence-corrected chi connectivity index (χ4v) is 1.11. The second kappa shape index (κ2) is 5.90. The Morgan fingerprint density at radius 1 is 1.33 bits per heavy atom. The summed E-state index contributed by atoms with van der Waals surface area (Å²) in [6, 6.07) is 7.47. The van der Waals surface area contributed by atoms with E-state index < -0.39 is 0 Å². The van der Waals surface area contributed by atoms with Gasteiger partial charge in [0.25, 0.3) is 0 Å². The summed E-state index contributed by atoms with van der Waals surface area (Å²) in [7, 11) is 1.63. The second-order valence-corrected chi connectivity index (χ2v) is 3.16. The van der Waals surface area contributed by atoms with Gasteiger partial charge in [-0.05, 0) is 30.7 Å². The Labute approximate surface area is 90.2 Å². The third kappa shape index (κ3) is 3.89. The molecule has 0 fully saturated rings. The van der Waals surface area contributed by atoms with Crippen molar-refractivity contribution in [1.29, 1.82) is 5.41 Å². The van der Waals surface area contributed by atoms with Crippen LogP contribution in [0.1, 0.15) is 13.3 Å². The predicted molar refractivity (Wildman–Crippen MR) is 62.6 cm³/mol. The average Bonchev–Trinajstić information content (AvgIpc) is 2.27. The molecule has 15 heavy (non-hydrogen) atoms. The Bertz CT molecular complexity index is 308. The van der Waals surface area contributed by atoms with E-state index in [1.807, 2.05) is 24.3 Å². The molecular weight excluding hydrogens is 190 g/mol. The minimum Gasteiger partial charge on any atom is -0.497 e. The topological polar surface area (TPSA) is 57.1 Å². The number of ether oxygens (including phenoxy) is 1. The van der Waals surface area contributed by atoms with E-state index in [4.69, 9.17) is 10.1 Å². The molecule has 1 aromatic rings. The highest BCUT2D eigenvalue weighted by molar-refractivity contribution is 5.91. The minimum absolute atomic E-state index is 0.321. The van der Waals surface area contributed by atoms with E-state index in [0.29, 0.717) is 5.96 Å². The van der Waals surface area contributed by atoms with Crippen LogP contribution in [0, 0.1) is 5.41 Å². The number of anilines is 1. The molecule has 0 saturated carbocycles. The smallest absolute Gasteiger partial charge is 0.192 e. The Hall–Kier alpha value is -1.71. The van der Waals surface area contributed by atoms with Gasteiger partial charge in [0.15, 0.2) is 5.96 Å². The normalized spacial score (nSPS) is 9.47. The molecule has 0 aliphatic carbocycles. The van der Waals surface area contributed by atoms with Gasteiger partial charge in [-0.1, -0.05) is 6.92 Å². The summed E-state index contributed by atoms with van der Waals surface area (Å²) in [4.78, 5) is 0. The highest BCUT2D eigenvalue weighted by Gasteiger charge is 1.96. The SMILES string of the molecule is CCCNC(=N)Nc1ccc(OC)cc1. The average molecular weight is 207 g/mol. The Kier molecular flexibility index (Phi) is 4.47. The number of guanidine groups is 1. The number of nitrogens with one attached hydrogen (secondary N) is 3. The first-order valence-electron chi connectivity index (χ1n) is 4.99. The molecule has 3 N–H and O–H groups in total. The number of hydrogen-bond donors (Lipinski definition) is 3. The van der Waals surface area contributed by atoms with Crippen molar-refractivity contribution in [2.45, 2.75) is 13.3 Å². The zero-order valence-electron chi connectivity index (χ0n) is 9.13. The summed E-state index contributed by atoms with van der Waals surface area (Å²) in [5.41, 5.74) is 0.879. The van der Waals surface area contributed by atoms with Crippen LogP contribution in [0.2, 0.25) is 0 Å². The van der Waals surface area contributed by atoms with E-state index in [1.54, 1.807) is 7.11 Å². The standard InChI is InChI=1S/C11H17N3O/c1-3-8-13-11(12)14-9-4-6-10(15-2)7-5-9/h4-7H,3,8H2,1-2H3,(H3,12,13,14). The molecule has 0 bridgehead atoms. The number of methoxy groups -OCH3 is 1. The molecule has 1 rings (SSSR count). The summed E-state index contributed by atoms with van der Waals surface area (Å²) < 4.78 is 5.04. The van der Waals surface area contributed by atoms with Crippen LogP contribution < -0.4 is 15.4 Å². The minimum atomic E-state index is 0.321. The lowest BCUT2D eigenvalue weighted by molar-refractivity contribution is 0.415. The van der Waals surface area contributed by atoms with Crippen LogP contribution in [0.15, 0.2) is 24.3 Å². The van der Waals surface area contributed by atoms with Crippen molar-refractivity contribution in [3.05, 3.63) is 24.3 Å². The number of hydrogen-bond acceptors (Lipinski definition) is 2. The molecule has 0 aliphatic rings. The molecule has 0 aromatic heterocycles. The highest BCUT2D eigenvalue weighted by Crippen LogP contribution is 2.14. The molecular formula is C11H17N3O. The quantitative estimate of drug-likeness (QED) is 0.523. The largest absolute Gasteiger partial charge is 0.497 e. The molecule has 4 heteroatoms. The molecule has 4 nitrogen and oxygen atoms in total. The van der Waals surface area contributed by atoms with E-state index in [0.717, 1.165) is 24.4 Å². The van der Waals surface area contributed by atoms with Gasteiger partial charge in [-0.3, -0.25) is 5.41 Å². The third-order valence-electron chi connectivity index (χ3n) is 1.91. The van der Waals surface area contributed by atoms with Crippen molar-refractivity contribution in [2.75, 3.05) is 19.0 Å². The third-order valence-corrected chi connectivity index (χ3v) is 1.91. The van der Waals surface area contributed by atoms with Crippen LogP contribution in [0.4, 0.5) is 5.69 Å². The van der Waals surface area contributed by atoms with E-state index >= 15 is 0 Å². The van der Waals surface area contributed by atoms with Crippen molar-refractivity contribution >= 4 is 11.6 Å². The molecule has 0 unspecified atom stereocenters. The van der Waals surface area contributed by atoms with Gasteiger partial charge in [-0.25, -0.2) is 0 Å². The molecule has 0 radical (unpaired) electrons. The maximum Gasteiger partial charge on any atom is 0.192 e. The van der Waals surface area contributed by atoms with E-state index in [-0.39, 0.29) is 0 Å². The van der Waals surface area contributed by atoms with Crippen molar-refractivity contribution in [2.24, 2.45) is 0 Å². The highest BCUT2D eigenvalue weighted by atomic mass is 16.5. The van der Waals surface area contributed by atoms with Gasteiger partial charge in [0.05, 0.1) is 7.11 Å². The van der Waals surface area contributed by atoms with Gasteiger partial charge >= 0.3 is 0 Å². The van der Waals surface area contributed by atoms with Crippen LogP contribution in [0.5, 0.6) is 5.75 Å². The van der Waals surface area contributed by atoms with E-state index in [1.165, 1.54) is 0 Å². The summed E-state index contributed by atoms with van der Waals surface area (Å²) in [6.45, 7) is 2.87. The summed E-state index contributed by atoms with van der Waals surface area (Å²) >= 11 is 0. The summed E-state index contributed by atoms with van der Waals surface area (Å²) in [5, 5.41) is 13.5. The van der Waals surface area contributed by atoms with Crippen molar-refractivity contribution in [3.63, 3.8) is 0 Å². The van der Waals surface area contributed by atoms with Gasteiger partial charge in [-0.15, -0.1) is 0 Å².